The predicted molar refractivity (Wildman–Crippen MR) is 110 cm³/mol. The summed E-state index contributed by atoms with van der Waals surface area (Å²) in [4.78, 5) is 32.1. The van der Waals surface area contributed by atoms with E-state index in [9.17, 15) is 9.59 Å². The van der Waals surface area contributed by atoms with Crippen LogP contribution in [0.4, 0.5) is 0 Å². The number of likely N-dealkylation sites (tertiary alicyclic amines) is 1. The van der Waals surface area contributed by atoms with E-state index in [0.717, 1.165) is 38.2 Å². The maximum Gasteiger partial charge on any atom is 0.257 e. The summed E-state index contributed by atoms with van der Waals surface area (Å²) in [6.07, 6.45) is 3.72. The zero-order chi connectivity index (χ0) is 20.4. The number of rotatable bonds is 4. The van der Waals surface area contributed by atoms with E-state index in [0.29, 0.717) is 25.2 Å². The third-order valence-electron chi connectivity index (χ3n) is 6.00. The largest absolute Gasteiger partial charge is 0.337 e. The molecule has 154 valence electrons. The fourth-order valence-electron chi connectivity index (χ4n) is 4.44. The Morgan fingerprint density at radius 2 is 1.83 bits per heavy atom. The van der Waals surface area contributed by atoms with Crippen LogP contribution in [0.3, 0.4) is 0 Å². The maximum absolute atomic E-state index is 13.1. The van der Waals surface area contributed by atoms with Gasteiger partial charge in [-0.15, -0.1) is 0 Å². The van der Waals surface area contributed by atoms with Crippen LogP contribution >= 0.6 is 0 Å². The van der Waals surface area contributed by atoms with Gasteiger partial charge in [-0.25, -0.2) is 0 Å². The summed E-state index contributed by atoms with van der Waals surface area (Å²) in [5, 5.41) is 4.28. The smallest absolute Gasteiger partial charge is 0.257 e. The summed E-state index contributed by atoms with van der Waals surface area (Å²) in [6.45, 7) is 6.13. The molecule has 3 heterocycles. The Morgan fingerprint density at radius 1 is 1.10 bits per heavy atom. The standard InChI is InChI=1S/C22H29N5O2/c1-17-19(16-24(2)23-17)21(28)26-13-11-25(12-14-26)20-9-6-10-27(22(20)29)15-18-7-4-3-5-8-18/h3-5,7-8,16,20H,6,9-15H2,1-2H3/t20-/m1/s1. The number of benzene rings is 1. The van der Waals surface area contributed by atoms with E-state index in [1.165, 1.54) is 5.56 Å². The Labute approximate surface area is 171 Å². The van der Waals surface area contributed by atoms with E-state index in [-0.39, 0.29) is 17.9 Å². The average molecular weight is 396 g/mol. The fraction of sp³-hybridized carbons (Fsp3) is 0.500. The topological polar surface area (TPSA) is 61.7 Å². The number of piperidine rings is 1. The van der Waals surface area contributed by atoms with Crippen LogP contribution in [-0.4, -0.2) is 75.1 Å². The van der Waals surface area contributed by atoms with Crippen LogP contribution in [0.1, 0.15) is 34.5 Å². The van der Waals surface area contributed by atoms with Crippen molar-refractivity contribution in [2.45, 2.75) is 32.4 Å². The lowest BCUT2D eigenvalue weighted by Gasteiger charge is -2.42. The van der Waals surface area contributed by atoms with Crippen molar-refractivity contribution >= 4 is 11.8 Å². The van der Waals surface area contributed by atoms with Crippen molar-refractivity contribution in [3.8, 4) is 0 Å². The second-order valence-corrected chi connectivity index (χ2v) is 8.03. The molecule has 0 spiro atoms. The van der Waals surface area contributed by atoms with Crippen LogP contribution in [0.25, 0.3) is 0 Å². The number of carbonyl (C=O) groups is 2. The third-order valence-corrected chi connectivity index (χ3v) is 6.00. The molecule has 0 radical (unpaired) electrons. The van der Waals surface area contributed by atoms with Gasteiger partial charge in [-0.2, -0.15) is 5.10 Å². The molecule has 2 saturated heterocycles. The second kappa shape index (κ2) is 8.37. The summed E-state index contributed by atoms with van der Waals surface area (Å²) >= 11 is 0. The van der Waals surface area contributed by atoms with Crippen LogP contribution in [0.5, 0.6) is 0 Å². The number of aryl methyl sites for hydroxylation is 2. The molecule has 7 nitrogen and oxygen atoms in total. The highest BCUT2D eigenvalue weighted by Crippen LogP contribution is 2.21. The minimum atomic E-state index is -0.0650. The van der Waals surface area contributed by atoms with Crippen molar-refractivity contribution in [1.29, 1.82) is 0 Å². The molecule has 1 aromatic carbocycles. The van der Waals surface area contributed by atoms with Crippen LogP contribution in [0.15, 0.2) is 36.5 Å². The number of hydrogen-bond donors (Lipinski definition) is 0. The Bertz CT molecular complexity index is 871. The molecule has 1 aromatic heterocycles. The molecule has 0 N–H and O–H groups in total. The second-order valence-electron chi connectivity index (χ2n) is 8.03. The SMILES string of the molecule is Cc1nn(C)cc1C(=O)N1CCN([C@@H]2CCCN(Cc3ccccc3)C2=O)CC1. The van der Waals surface area contributed by atoms with Crippen LogP contribution < -0.4 is 0 Å². The molecule has 0 unspecified atom stereocenters. The van der Waals surface area contributed by atoms with E-state index in [1.54, 1.807) is 10.9 Å². The number of nitrogens with zero attached hydrogens (tertiary/aromatic N) is 5. The first-order chi connectivity index (χ1) is 14.0. The quantitative estimate of drug-likeness (QED) is 0.790. The fourth-order valence-corrected chi connectivity index (χ4v) is 4.44. The van der Waals surface area contributed by atoms with Gasteiger partial charge in [0.1, 0.15) is 0 Å². The zero-order valence-corrected chi connectivity index (χ0v) is 17.3. The van der Waals surface area contributed by atoms with Gasteiger partial charge < -0.3 is 9.80 Å². The molecule has 2 amide bonds. The van der Waals surface area contributed by atoms with Crippen molar-refractivity contribution in [1.82, 2.24) is 24.5 Å². The maximum atomic E-state index is 13.1. The van der Waals surface area contributed by atoms with Gasteiger partial charge >= 0.3 is 0 Å². The molecule has 4 rings (SSSR count). The van der Waals surface area contributed by atoms with Gasteiger partial charge in [0.15, 0.2) is 0 Å². The van der Waals surface area contributed by atoms with Gasteiger partial charge in [0.05, 0.1) is 17.3 Å². The zero-order valence-electron chi connectivity index (χ0n) is 17.3. The Kier molecular flexibility index (Phi) is 5.67. The Balaban J connectivity index is 1.36. The first kappa shape index (κ1) is 19.6. The molecule has 2 aliphatic rings. The number of hydrogen-bond acceptors (Lipinski definition) is 4. The van der Waals surface area contributed by atoms with Crippen molar-refractivity contribution < 1.29 is 9.59 Å². The third kappa shape index (κ3) is 4.19. The average Bonchev–Trinajstić information content (AvgIpc) is 3.08. The summed E-state index contributed by atoms with van der Waals surface area (Å²) in [5.41, 5.74) is 2.60. The molecular formula is C22H29N5O2. The molecule has 2 aliphatic heterocycles. The number of aromatic nitrogens is 2. The number of carbonyl (C=O) groups excluding carboxylic acids is 2. The summed E-state index contributed by atoms with van der Waals surface area (Å²) in [5.74, 6) is 0.263. The summed E-state index contributed by atoms with van der Waals surface area (Å²) in [7, 11) is 1.83. The highest BCUT2D eigenvalue weighted by molar-refractivity contribution is 5.95. The summed E-state index contributed by atoms with van der Waals surface area (Å²) < 4.78 is 1.68. The van der Waals surface area contributed by atoms with Crippen molar-refractivity contribution in [2.75, 3.05) is 32.7 Å². The van der Waals surface area contributed by atoms with E-state index >= 15 is 0 Å². The van der Waals surface area contributed by atoms with E-state index < -0.39 is 0 Å². The van der Waals surface area contributed by atoms with Crippen molar-refractivity contribution in [3.63, 3.8) is 0 Å². The molecule has 0 saturated carbocycles. The van der Waals surface area contributed by atoms with Gasteiger partial charge in [-0.05, 0) is 25.3 Å². The van der Waals surface area contributed by atoms with Gasteiger partial charge in [0, 0.05) is 52.5 Å². The molecule has 29 heavy (non-hydrogen) atoms. The van der Waals surface area contributed by atoms with Gasteiger partial charge in [0.2, 0.25) is 5.91 Å². The van der Waals surface area contributed by atoms with Gasteiger partial charge in [-0.3, -0.25) is 19.2 Å². The minimum absolute atomic E-state index is 0.0379. The first-order valence-electron chi connectivity index (χ1n) is 10.4. The lowest BCUT2D eigenvalue weighted by molar-refractivity contribution is -0.141. The predicted octanol–water partition coefficient (Wildman–Crippen LogP) is 1.68. The highest BCUT2D eigenvalue weighted by Gasteiger charge is 2.35. The normalized spacial score (nSPS) is 20.9. The van der Waals surface area contributed by atoms with Gasteiger partial charge in [0.25, 0.3) is 5.91 Å². The minimum Gasteiger partial charge on any atom is -0.337 e. The molecular weight excluding hydrogens is 366 g/mol. The molecule has 1 atom stereocenters. The molecule has 7 heteroatoms. The number of amides is 2. The molecule has 2 aromatic rings. The molecule has 2 fully saturated rings. The van der Waals surface area contributed by atoms with Crippen LogP contribution in [0, 0.1) is 6.92 Å². The highest BCUT2D eigenvalue weighted by atomic mass is 16.2. The van der Waals surface area contributed by atoms with Crippen molar-refractivity contribution in [2.24, 2.45) is 7.05 Å². The van der Waals surface area contributed by atoms with Crippen molar-refractivity contribution in [3.05, 3.63) is 53.3 Å². The number of piperazine rings is 1. The van der Waals surface area contributed by atoms with E-state index in [4.69, 9.17) is 0 Å². The monoisotopic (exact) mass is 395 g/mol. The lowest BCUT2D eigenvalue weighted by atomic mass is 10.0. The summed E-state index contributed by atoms with van der Waals surface area (Å²) in [6, 6.07) is 10.1. The molecule has 0 bridgehead atoms. The van der Waals surface area contributed by atoms with E-state index in [2.05, 4.69) is 22.1 Å². The van der Waals surface area contributed by atoms with Gasteiger partial charge in [-0.1, -0.05) is 30.3 Å². The van der Waals surface area contributed by atoms with E-state index in [1.807, 2.05) is 42.0 Å². The molecule has 0 aliphatic carbocycles. The Morgan fingerprint density at radius 3 is 2.48 bits per heavy atom. The Hall–Kier alpha value is -2.67. The van der Waals surface area contributed by atoms with Crippen LogP contribution in [0.2, 0.25) is 0 Å². The first-order valence-corrected chi connectivity index (χ1v) is 10.4. The van der Waals surface area contributed by atoms with Crippen LogP contribution in [-0.2, 0) is 18.4 Å². The lowest BCUT2D eigenvalue weighted by Crippen LogP contribution is -2.58.